The number of amidine groups is 1. The summed E-state index contributed by atoms with van der Waals surface area (Å²) in [6, 6.07) is 12.3. The van der Waals surface area contributed by atoms with Crippen LogP contribution in [0.15, 0.2) is 41.6 Å². The van der Waals surface area contributed by atoms with E-state index in [0.717, 1.165) is 22.5 Å². The van der Waals surface area contributed by atoms with Crippen molar-refractivity contribution in [1.29, 1.82) is 0 Å². The summed E-state index contributed by atoms with van der Waals surface area (Å²) in [7, 11) is 2.04. The van der Waals surface area contributed by atoms with E-state index < -0.39 is 0 Å². The zero-order chi connectivity index (χ0) is 15.6. The molecular formula is C17H21N3O. The van der Waals surface area contributed by atoms with Crippen molar-refractivity contribution in [2.75, 3.05) is 11.9 Å². The highest BCUT2D eigenvalue weighted by molar-refractivity contribution is 5.98. The Hall–Kier alpha value is -2.49. The standard InChI is InChI=1S/C17H21N3O/c1-11-5-8-16(13(3)9-11)20(4)14-6-7-15(12(2)10-14)17(18)19-21/h5-10,21H,1-4H3,(H2,18,19). The lowest BCUT2D eigenvalue weighted by atomic mass is 10.1. The molecule has 0 aliphatic heterocycles. The monoisotopic (exact) mass is 283 g/mol. The van der Waals surface area contributed by atoms with E-state index in [-0.39, 0.29) is 5.84 Å². The van der Waals surface area contributed by atoms with Crippen LogP contribution in [0.1, 0.15) is 22.3 Å². The fourth-order valence-electron chi connectivity index (χ4n) is 2.52. The fraction of sp³-hybridized carbons (Fsp3) is 0.235. The molecule has 0 aliphatic rings. The van der Waals surface area contributed by atoms with E-state index in [1.54, 1.807) is 0 Å². The average Bonchev–Trinajstić information content (AvgIpc) is 2.45. The molecule has 0 saturated carbocycles. The molecule has 0 radical (unpaired) electrons. The number of aryl methyl sites for hydroxylation is 3. The molecule has 21 heavy (non-hydrogen) atoms. The maximum Gasteiger partial charge on any atom is 0.170 e. The van der Waals surface area contributed by atoms with Crippen molar-refractivity contribution in [3.8, 4) is 0 Å². The van der Waals surface area contributed by atoms with Gasteiger partial charge in [-0.15, -0.1) is 0 Å². The van der Waals surface area contributed by atoms with Crippen LogP contribution in [0.3, 0.4) is 0 Å². The van der Waals surface area contributed by atoms with Crippen LogP contribution in [0.5, 0.6) is 0 Å². The summed E-state index contributed by atoms with van der Waals surface area (Å²) >= 11 is 0. The number of oxime groups is 1. The van der Waals surface area contributed by atoms with E-state index in [4.69, 9.17) is 10.9 Å². The molecule has 4 heteroatoms. The van der Waals surface area contributed by atoms with Gasteiger partial charge in [0.15, 0.2) is 5.84 Å². The number of hydrogen-bond acceptors (Lipinski definition) is 3. The quantitative estimate of drug-likeness (QED) is 0.392. The zero-order valence-electron chi connectivity index (χ0n) is 12.9. The third kappa shape index (κ3) is 2.99. The van der Waals surface area contributed by atoms with E-state index in [2.05, 4.69) is 42.1 Å². The molecule has 4 nitrogen and oxygen atoms in total. The molecule has 0 aliphatic carbocycles. The summed E-state index contributed by atoms with van der Waals surface area (Å²) in [5.41, 5.74) is 12.1. The highest BCUT2D eigenvalue weighted by Crippen LogP contribution is 2.28. The van der Waals surface area contributed by atoms with E-state index >= 15 is 0 Å². The van der Waals surface area contributed by atoms with Gasteiger partial charge in [-0.25, -0.2) is 0 Å². The van der Waals surface area contributed by atoms with Gasteiger partial charge in [0.05, 0.1) is 0 Å². The SMILES string of the molecule is Cc1ccc(N(C)c2ccc(/C(N)=N/O)c(C)c2)c(C)c1. The van der Waals surface area contributed by atoms with Crippen molar-refractivity contribution in [1.82, 2.24) is 0 Å². The van der Waals surface area contributed by atoms with Crippen LogP contribution < -0.4 is 10.6 Å². The van der Waals surface area contributed by atoms with Crippen LogP contribution in [0.2, 0.25) is 0 Å². The second-order valence-corrected chi connectivity index (χ2v) is 5.33. The number of nitrogens with two attached hydrogens (primary N) is 1. The number of benzene rings is 2. The summed E-state index contributed by atoms with van der Waals surface area (Å²) in [4.78, 5) is 2.14. The van der Waals surface area contributed by atoms with Crippen LogP contribution in [0.25, 0.3) is 0 Å². The molecule has 0 spiro atoms. The van der Waals surface area contributed by atoms with E-state index in [0.29, 0.717) is 0 Å². The van der Waals surface area contributed by atoms with Gasteiger partial charge in [-0.1, -0.05) is 22.9 Å². The molecule has 0 aromatic heterocycles. The van der Waals surface area contributed by atoms with Gasteiger partial charge in [0.1, 0.15) is 0 Å². The predicted octanol–water partition coefficient (Wildman–Crippen LogP) is 3.47. The van der Waals surface area contributed by atoms with Crippen LogP contribution in [0.4, 0.5) is 11.4 Å². The van der Waals surface area contributed by atoms with E-state index in [1.807, 2.05) is 32.2 Å². The maximum atomic E-state index is 8.78. The van der Waals surface area contributed by atoms with Crippen molar-refractivity contribution in [2.45, 2.75) is 20.8 Å². The summed E-state index contributed by atoms with van der Waals surface area (Å²) in [6.07, 6.45) is 0. The third-order valence-corrected chi connectivity index (χ3v) is 3.69. The lowest BCUT2D eigenvalue weighted by Gasteiger charge is -2.23. The predicted molar refractivity (Wildman–Crippen MR) is 87.7 cm³/mol. The molecule has 0 atom stereocenters. The summed E-state index contributed by atoms with van der Waals surface area (Å²) < 4.78 is 0. The van der Waals surface area contributed by atoms with Crippen molar-refractivity contribution in [3.63, 3.8) is 0 Å². The van der Waals surface area contributed by atoms with Gasteiger partial charge in [-0.2, -0.15) is 0 Å². The smallest absolute Gasteiger partial charge is 0.170 e. The molecule has 0 bridgehead atoms. The molecule has 110 valence electrons. The van der Waals surface area contributed by atoms with Gasteiger partial charge >= 0.3 is 0 Å². The molecule has 0 heterocycles. The van der Waals surface area contributed by atoms with Crippen LogP contribution in [-0.4, -0.2) is 18.1 Å². The Balaban J connectivity index is 2.40. The van der Waals surface area contributed by atoms with Crippen LogP contribution in [0, 0.1) is 20.8 Å². The second kappa shape index (κ2) is 5.87. The van der Waals surface area contributed by atoms with Gasteiger partial charge in [0, 0.05) is 24.0 Å². The summed E-state index contributed by atoms with van der Waals surface area (Å²) in [6.45, 7) is 6.15. The Morgan fingerprint density at radius 3 is 2.33 bits per heavy atom. The summed E-state index contributed by atoms with van der Waals surface area (Å²) in [5.74, 6) is 0.133. The average molecular weight is 283 g/mol. The van der Waals surface area contributed by atoms with Crippen molar-refractivity contribution in [3.05, 3.63) is 58.7 Å². The minimum atomic E-state index is 0.133. The van der Waals surface area contributed by atoms with Crippen LogP contribution in [-0.2, 0) is 0 Å². The molecule has 0 amide bonds. The number of rotatable bonds is 3. The summed E-state index contributed by atoms with van der Waals surface area (Å²) in [5, 5.41) is 11.8. The Morgan fingerprint density at radius 1 is 1.05 bits per heavy atom. The topological polar surface area (TPSA) is 61.8 Å². The lowest BCUT2D eigenvalue weighted by Crippen LogP contribution is -2.16. The second-order valence-electron chi connectivity index (χ2n) is 5.33. The first-order valence-electron chi connectivity index (χ1n) is 6.83. The minimum Gasteiger partial charge on any atom is -0.409 e. The molecular weight excluding hydrogens is 262 g/mol. The van der Waals surface area contributed by atoms with Gasteiger partial charge < -0.3 is 15.8 Å². The fourth-order valence-corrected chi connectivity index (χ4v) is 2.52. The van der Waals surface area contributed by atoms with E-state index in [9.17, 15) is 0 Å². The van der Waals surface area contributed by atoms with Crippen molar-refractivity contribution >= 4 is 17.2 Å². The van der Waals surface area contributed by atoms with Gasteiger partial charge in [-0.05, 0) is 56.2 Å². The largest absolute Gasteiger partial charge is 0.409 e. The third-order valence-electron chi connectivity index (χ3n) is 3.69. The normalized spacial score (nSPS) is 11.5. The highest BCUT2D eigenvalue weighted by Gasteiger charge is 2.10. The molecule has 0 fully saturated rings. The molecule has 2 aromatic carbocycles. The molecule has 0 unspecified atom stereocenters. The van der Waals surface area contributed by atoms with Gasteiger partial charge in [0.2, 0.25) is 0 Å². The first kappa shape index (κ1) is 14.9. The van der Waals surface area contributed by atoms with Gasteiger partial charge in [-0.3, -0.25) is 0 Å². The highest BCUT2D eigenvalue weighted by atomic mass is 16.4. The zero-order valence-corrected chi connectivity index (χ0v) is 12.9. The molecule has 2 aromatic rings. The molecule has 2 rings (SSSR count). The number of anilines is 2. The number of hydrogen-bond donors (Lipinski definition) is 2. The first-order valence-corrected chi connectivity index (χ1v) is 6.83. The lowest BCUT2D eigenvalue weighted by molar-refractivity contribution is 0.318. The Labute approximate surface area is 125 Å². The Kier molecular flexibility index (Phi) is 4.17. The van der Waals surface area contributed by atoms with Gasteiger partial charge in [0.25, 0.3) is 0 Å². The number of nitrogens with zero attached hydrogens (tertiary/aromatic N) is 2. The van der Waals surface area contributed by atoms with E-state index in [1.165, 1.54) is 11.1 Å². The molecule has 0 saturated heterocycles. The maximum absolute atomic E-state index is 8.78. The first-order chi connectivity index (χ1) is 9.93. The van der Waals surface area contributed by atoms with Crippen LogP contribution >= 0.6 is 0 Å². The Bertz CT molecular complexity index is 692. The van der Waals surface area contributed by atoms with Crippen molar-refractivity contribution < 1.29 is 5.21 Å². The minimum absolute atomic E-state index is 0.133. The van der Waals surface area contributed by atoms with Crippen molar-refractivity contribution in [2.24, 2.45) is 10.9 Å². The Morgan fingerprint density at radius 2 is 1.76 bits per heavy atom. The molecule has 3 N–H and O–H groups in total.